The maximum absolute atomic E-state index is 12.7. The normalized spacial score (nSPS) is 22.7. The molecule has 0 unspecified atom stereocenters. The zero-order chi connectivity index (χ0) is 17.3. The molecule has 4 nitrogen and oxygen atoms in total. The molecule has 2 aliphatic carbocycles. The van der Waals surface area contributed by atoms with Gasteiger partial charge in [0.25, 0.3) is 5.56 Å². The summed E-state index contributed by atoms with van der Waals surface area (Å²) in [6.07, 6.45) is 7.11. The van der Waals surface area contributed by atoms with Crippen molar-refractivity contribution in [3.05, 3.63) is 48.5 Å². The van der Waals surface area contributed by atoms with Gasteiger partial charge in [0.1, 0.15) is 10.7 Å². The molecule has 0 spiro atoms. The molecule has 1 N–H and O–H groups in total. The molecule has 1 aliphatic heterocycles. The Kier molecular flexibility index (Phi) is 3.44. The number of hydrogen-bond acceptors (Lipinski definition) is 5. The Hall–Kier alpha value is -1.50. The third kappa shape index (κ3) is 2.35. The molecule has 26 heavy (non-hydrogen) atoms. The van der Waals surface area contributed by atoms with Crippen molar-refractivity contribution in [3.8, 4) is 0 Å². The second kappa shape index (κ2) is 5.75. The summed E-state index contributed by atoms with van der Waals surface area (Å²) in [5, 5.41) is 3.10. The molecule has 0 saturated heterocycles. The minimum atomic E-state index is 0.0700. The number of nitrogens with zero attached hydrogens (tertiary/aromatic N) is 2. The van der Waals surface area contributed by atoms with E-state index in [1.54, 1.807) is 16.2 Å². The Balaban J connectivity index is 1.37. The number of thiophene rings is 2. The number of fused-ring (bicyclic) bond motifs is 4. The largest absolute Gasteiger partial charge is 0.309 e. The third-order valence-corrected chi connectivity index (χ3v) is 8.35. The molecule has 3 aromatic rings. The molecular weight excluding hydrogens is 362 g/mol. The fourth-order valence-electron chi connectivity index (χ4n) is 4.85. The van der Waals surface area contributed by atoms with Gasteiger partial charge in [-0.1, -0.05) is 0 Å². The smallest absolute Gasteiger partial charge is 0.259 e. The molecular formula is C20H21N3OS2. The van der Waals surface area contributed by atoms with E-state index in [-0.39, 0.29) is 5.56 Å². The van der Waals surface area contributed by atoms with Gasteiger partial charge < -0.3 is 4.98 Å². The number of nitrogens with one attached hydrogen (secondary N) is 1. The van der Waals surface area contributed by atoms with Crippen LogP contribution in [-0.4, -0.2) is 21.4 Å². The molecule has 1 atom stereocenters. The van der Waals surface area contributed by atoms with Gasteiger partial charge in [-0.15, -0.1) is 22.7 Å². The van der Waals surface area contributed by atoms with Gasteiger partial charge in [0.15, 0.2) is 0 Å². The quantitative estimate of drug-likeness (QED) is 0.742. The summed E-state index contributed by atoms with van der Waals surface area (Å²) < 4.78 is 0. The fourth-order valence-corrected chi connectivity index (χ4v) is 7.05. The van der Waals surface area contributed by atoms with Gasteiger partial charge in [0.2, 0.25) is 0 Å². The van der Waals surface area contributed by atoms with E-state index in [9.17, 15) is 4.79 Å². The molecule has 4 heterocycles. The van der Waals surface area contributed by atoms with Crippen LogP contribution in [-0.2, 0) is 25.8 Å². The van der Waals surface area contributed by atoms with Gasteiger partial charge in [-0.05, 0) is 67.0 Å². The van der Waals surface area contributed by atoms with E-state index in [0.29, 0.717) is 6.04 Å². The van der Waals surface area contributed by atoms with Crippen LogP contribution in [0, 0.1) is 5.92 Å². The zero-order valence-corrected chi connectivity index (χ0v) is 16.2. The summed E-state index contributed by atoms with van der Waals surface area (Å²) in [7, 11) is 0. The lowest BCUT2D eigenvalue weighted by atomic mass is 9.96. The van der Waals surface area contributed by atoms with Crippen LogP contribution in [0.2, 0.25) is 0 Å². The highest BCUT2D eigenvalue weighted by Crippen LogP contribution is 2.48. The Morgan fingerprint density at radius 3 is 3.04 bits per heavy atom. The topological polar surface area (TPSA) is 49.0 Å². The highest BCUT2D eigenvalue weighted by atomic mass is 32.1. The van der Waals surface area contributed by atoms with E-state index in [0.717, 1.165) is 54.3 Å². The van der Waals surface area contributed by atoms with Gasteiger partial charge >= 0.3 is 0 Å². The first kappa shape index (κ1) is 15.5. The van der Waals surface area contributed by atoms with Crippen molar-refractivity contribution in [3.63, 3.8) is 0 Å². The van der Waals surface area contributed by atoms with Crippen LogP contribution in [0.25, 0.3) is 10.2 Å². The van der Waals surface area contributed by atoms with Crippen LogP contribution in [0.4, 0.5) is 0 Å². The Morgan fingerprint density at radius 1 is 1.23 bits per heavy atom. The summed E-state index contributed by atoms with van der Waals surface area (Å²) in [6.45, 7) is 1.82. The first-order valence-corrected chi connectivity index (χ1v) is 11.3. The summed E-state index contributed by atoms with van der Waals surface area (Å²) in [4.78, 5) is 27.2. The van der Waals surface area contributed by atoms with Crippen LogP contribution < -0.4 is 5.56 Å². The van der Waals surface area contributed by atoms with Crippen LogP contribution in [0.5, 0.6) is 0 Å². The summed E-state index contributed by atoms with van der Waals surface area (Å²) in [5.41, 5.74) is 2.87. The molecule has 3 aliphatic rings. The second-order valence-electron chi connectivity index (χ2n) is 7.85. The second-order valence-corrected chi connectivity index (χ2v) is 9.94. The lowest BCUT2D eigenvalue weighted by molar-refractivity contribution is 0.154. The molecule has 134 valence electrons. The molecule has 6 heteroatoms. The van der Waals surface area contributed by atoms with Gasteiger partial charge in [0.05, 0.1) is 11.9 Å². The van der Waals surface area contributed by atoms with E-state index >= 15 is 0 Å². The molecule has 1 saturated carbocycles. The summed E-state index contributed by atoms with van der Waals surface area (Å²) in [5.74, 6) is 1.62. The van der Waals surface area contributed by atoms with Gasteiger partial charge in [-0.25, -0.2) is 4.98 Å². The SMILES string of the molecule is O=c1[nH]c(CN2CCc3sccc3[C@@H]2C2CC2)nc2sc3c(c12)CCC3. The van der Waals surface area contributed by atoms with Crippen molar-refractivity contribution >= 4 is 32.9 Å². The summed E-state index contributed by atoms with van der Waals surface area (Å²) in [6, 6.07) is 2.83. The molecule has 0 amide bonds. The average molecular weight is 384 g/mol. The highest BCUT2D eigenvalue weighted by molar-refractivity contribution is 7.18. The minimum absolute atomic E-state index is 0.0700. The summed E-state index contributed by atoms with van der Waals surface area (Å²) >= 11 is 3.64. The Labute approximate surface area is 159 Å². The molecule has 0 radical (unpaired) electrons. The lowest BCUT2D eigenvalue weighted by Crippen LogP contribution is -2.36. The van der Waals surface area contributed by atoms with Crippen molar-refractivity contribution in [1.82, 2.24) is 14.9 Å². The predicted octanol–water partition coefficient (Wildman–Crippen LogP) is 4.04. The van der Waals surface area contributed by atoms with E-state index < -0.39 is 0 Å². The molecule has 0 bridgehead atoms. The number of aromatic amines is 1. The zero-order valence-electron chi connectivity index (χ0n) is 14.6. The van der Waals surface area contributed by atoms with Crippen molar-refractivity contribution < 1.29 is 0 Å². The maximum Gasteiger partial charge on any atom is 0.259 e. The first-order valence-electron chi connectivity index (χ1n) is 9.61. The van der Waals surface area contributed by atoms with E-state index in [1.165, 1.54) is 35.3 Å². The van der Waals surface area contributed by atoms with Crippen molar-refractivity contribution in [2.75, 3.05) is 6.54 Å². The number of hydrogen-bond donors (Lipinski definition) is 1. The van der Waals surface area contributed by atoms with E-state index in [4.69, 9.17) is 4.98 Å². The third-order valence-electron chi connectivity index (χ3n) is 6.16. The molecule has 1 fully saturated rings. The number of rotatable bonds is 3. The average Bonchev–Trinajstić information content (AvgIpc) is 3.02. The first-order chi connectivity index (χ1) is 12.8. The maximum atomic E-state index is 12.7. The van der Waals surface area contributed by atoms with E-state index in [2.05, 4.69) is 21.3 Å². The Morgan fingerprint density at radius 2 is 2.15 bits per heavy atom. The van der Waals surface area contributed by atoms with E-state index in [1.807, 2.05) is 11.3 Å². The minimum Gasteiger partial charge on any atom is -0.309 e. The molecule has 0 aromatic carbocycles. The van der Waals surface area contributed by atoms with Crippen molar-refractivity contribution in [2.45, 2.75) is 51.1 Å². The van der Waals surface area contributed by atoms with Crippen molar-refractivity contribution in [1.29, 1.82) is 0 Å². The monoisotopic (exact) mass is 383 g/mol. The lowest BCUT2D eigenvalue weighted by Gasteiger charge is -2.35. The predicted molar refractivity (Wildman–Crippen MR) is 106 cm³/mol. The number of H-pyrrole nitrogens is 1. The van der Waals surface area contributed by atoms with Gasteiger partial charge in [-0.2, -0.15) is 0 Å². The van der Waals surface area contributed by atoms with Crippen LogP contribution in [0.15, 0.2) is 16.2 Å². The molecule has 3 aromatic heterocycles. The molecule has 6 rings (SSSR count). The Bertz CT molecular complexity index is 1060. The van der Waals surface area contributed by atoms with Gasteiger partial charge in [-0.3, -0.25) is 9.69 Å². The highest BCUT2D eigenvalue weighted by Gasteiger charge is 2.40. The van der Waals surface area contributed by atoms with Crippen LogP contribution in [0.3, 0.4) is 0 Å². The van der Waals surface area contributed by atoms with Crippen molar-refractivity contribution in [2.24, 2.45) is 5.92 Å². The number of aryl methyl sites for hydroxylation is 2. The van der Waals surface area contributed by atoms with Gasteiger partial charge in [0, 0.05) is 22.3 Å². The standard InChI is InChI=1S/C20H21N3OS2/c24-19-17-12-2-1-3-15(12)26-20(17)22-16(21-19)10-23-8-6-14-13(7-9-25-14)18(23)11-4-5-11/h7,9,11,18H,1-6,8,10H2,(H,21,22,24)/t18-/m0/s1. The van der Waals surface area contributed by atoms with Crippen LogP contribution >= 0.6 is 22.7 Å². The van der Waals surface area contributed by atoms with Crippen LogP contribution in [0.1, 0.15) is 52.0 Å². The number of aromatic nitrogens is 2. The fraction of sp³-hybridized carbons (Fsp3) is 0.500.